The Bertz CT molecular complexity index is 569. The van der Waals surface area contributed by atoms with Crippen LogP contribution in [0.25, 0.3) is 10.1 Å². The highest BCUT2D eigenvalue weighted by molar-refractivity contribution is 7.18. The third-order valence-corrected chi connectivity index (χ3v) is 5.60. The third-order valence-electron chi connectivity index (χ3n) is 4.62. The summed E-state index contributed by atoms with van der Waals surface area (Å²) in [6.45, 7) is 9.28. The topological polar surface area (TPSA) is 9.23 Å². The zero-order valence-corrected chi connectivity index (χ0v) is 12.3. The number of benzene rings is 1. The molecular formula is C15H19BOS. The van der Waals surface area contributed by atoms with Gasteiger partial charge in [0, 0.05) is 4.70 Å². The van der Waals surface area contributed by atoms with Crippen molar-refractivity contribution in [2.45, 2.75) is 39.6 Å². The number of thiophene rings is 1. The van der Waals surface area contributed by atoms with Crippen molar-refractivity contribution in [3.8, 4) is 0 Å². The first kappa shape index (κ1) is 12.2. The van der Waals surface area contributed by atoms with Crippen LogP contribution in [0.2, 0.25) is 6.32 Å². The van der Waals surface area contributed by atoms with Gasteiger partial charge in [-0.05, 0) is 47.9 Å². The van der Waals surface area contributed by atoms with Crippen molar-refractivity contribution in [2.24, 2.45) is 5.41 Å². The van der Waals surface area contributed by atoms with Crippen LogP contribution < -0.4 is 5.46 Å². The molecule has 0 saturated carbocycles. The Morgan fingerprint density at radius 1 is 1.17 bits per heavy atom. The largest absolute Gasteiger partial charge is 0.425 e. The van der Waals surface area contributed by atoms with Crippen LogP contribution in [0, 0.1) is 5.41 Å². The quantitative estimate of drug-likeness (QED) is 0.704. The zero-order valence-electron chi connectivity index (χ0n) is 11.5. The van der Waals surface area contributed by atoms with Crippen molar-refractivity contribution in [3.05, 3.63) is 29.6 Å². The number of hydrogen-bond donors (Lipinski definition) is 0. The minimum atomic E-state index is -0.0549. The van der Waals surface area contributed by atoms with Gasteiger partial charge in [-0.3, -0.25) is 0 Å². The molecule has 2 heterocycles. The van der Waals surface area contributed by atoms with E-state index in [0.29, 0.717) is 0 Å². The SMILES string of the molecule is CC1(C)CB(c2csc3ccccc23)OC1(C)C. The molecule has 0 N–H and O–H groups in total. The van der Waals surface area contributed by atoms with Crippen molar-refractivity contribution in [1.82, 2.24) is 0 Å². The second-order valence-corrected chi connectivity index (χ2v) is 7.30. The standard InChI is InChI=1S/C15H19BOS/c1-14(2)10-16(17-15(14,3)4)12-9-18-13-8-6-5-7-11(12)13/h5-9H,10H2,1-4H3. The van der Waals surface area contributed by atoms with E-state index in [0.717, 1.165) is 6.32 Å². The van der Waals surface area contributed by atoms with Crippen molar-refractivity contribution < 1.29 is 4.65 Å². The molecule has 2 aromatic rings. The maximum Gasteiger partial charge on any atom is 0.329 e. The van der Waals surface area contributed by atoms with Gasteiger partial charge in [-0.2, -0.15) is 0 Å². The van der Waals surface area contributed by atoms with Gasteiger partial charge in [0.15, 0.2) is 0 Å². The van der Waals surface area contributed by atoms with Crippen molar-refractivity contribution >= 4 is 33.8 Å². The Balaban J connectivity index is 2.03. The minimum absolute atomic E-state index is 0.0549. The molecule has 0 spiro atoms. The summed E-state index contributed by atoms with van der Waals surface area (Å²) < 4.78 is 7.68. The lowest BCUT2D eigenvalue weighted by Crippen LogP contribution is -2.35. The molecule has 1 aromatic heterocycles. The molecule has 0 amide bonds. The van der Waals surface area contributed by atoms with E-state index >= 15 is 0 Å². The van der Waals surface area contributed by atoms with Gasteiger partial charge in [0.25, 0.3) is 0 Å². The molecule has 3 heteroatoms. The monoisotopic (exact) mass is 258 g/mol. The maximum atomic E-state index is 6.32. The fraction of sp³-hybridized carbons (Fsp3) is 0.467. The van der Waals surface area contributed by atoms with Crippen LogP contribution in [-0.4, -0.2) is 12.5 Å². The summed E-state index contributed by atoms with van der Waals surface area (Å²) in [5.41, 5.74) is 1.54. The highest BCUT2D eigenvalue weighted by Crippen LogP contribution is 2.45. The second-order valence-electron chi connectivity index (χ2n) is 6.39. The zero-order chi connectivity index (χ0) is 13.0. The van der Waals surface area contributed by atoms with Gasteiger partial charge < -0.3 is 4.65 Å². The van der Waals surface area contributed by atoms with Gasteiger partial charge >= 0.3 is 6.92 Å². The lowest BCUT2D eigenvalue weighted by atomic mass is 9.54. The Hall–Kier alpha value is -0.795. The number of rotatable bonds is 1. The minimum Gasteiger partial charge on any atom is -0.425 e. The predicted octanol–water partition coefficient (Wildman–Crippen LogP) is 3.93. The van der Waals surface area contributed by atoms with E-state index in [-0.39, 0.29) is 17.9 Å². The Labute approximate surface area is 113 Å². The van der Waals surface area contributed by atoms with Crippen molar-refractivity contribution in [1.29, 1.82) is 0 Å². The molecule has 0 unspecified atom stereocenters. The molecule has 0 bridgehead atoms. The van der Waals surface area contributed by atoms with Crippen LogP contribution in [0.5, 0.6) is 0 Å². The van der Waals surface area contributed by atoms with Crippen molar-refractivity contribution in [2.75, 3.05) is 0 Å². The van der Waals surface area contributed by atoms with Gasteiger partial charge in [0.1, 0.15) is 0 Å². The van der Waals surface area contributed by atoms with Gasteiger partial charge in [0.05, 0.1) is 5.60 Å². The summed E-state index contributed by atoms with van der Waals surface area (Å²) in [4.78, 5) is 0. The van der Waals surface area contributed by atoms with E-state index in [2.05, 4.69) is 57.3 Å². The fourth-order valence-electron chi connectivity index (χ4n) is 2.69. The van der Waals surface area contributed by atoms with Crippen LogP contribution in [-0.2, 0) is 4.65 Å². The van der Waals surface area contributed by atoms with E-state index in [1.54, 1.807) is 0 Å². The van der Waals surface area contributed by atoms with Gasteiger partial charge in [-0.15, -0.1) is 11.3 Å². The summed E-state index contributed by atoms with van der Waals surface area (Å²) in [5.74, 6) is 0. The predicted molar refractivity (Wildman–Crippen MR) is 81.0 cm³/mol. The van der Waals surface area contributed by atoms with Gasteiger partial charge in [-0.25, -0.2) is 0 Å². The third kappa shape index (κ3) is 1.72. The van der Waals surface area contributed by atoms with Crippen LogP contribution in [0.1, 0.15) is 27.7 Å². The Morgan fingerprint density at radius 2 is 1.89 bits per heavy atom. The normalized spacial score (nSPS) is 21.7. The highest BCUT2D eigenvalue weighted by atomic mass is 32.1. The number of hydrogen-bond acceptors (Lipinski definition) is 2. The average Bonchev–Trinajstić information content (AvgIpc) is 2.78. The fourth-order valence-corrected chi connectivity index (χ4v) is 3.69. The molecule has 0 aliphatic carbocycles. The molecule has 1 aromatic carbocycles. The van der Waals surface area contributed by atoms with Crippen molar-refractivity contribution in [3.63, 3.8) is 0 Å². The molecule has 1 fully saturated rings. The molecule has 1 nitrogen and oxygen atoms in total. The average molecular weight is 258 g/mol. The van der Waals surface area contributed by atoms with Crippen LogP contribution in [0.3, 0.4) is 0 Å². The van der Waals surface area contributed by atoms with Crippen LogP contribution >= 0.6 is 11.3 Å². The molecule has 1 aliphatic heterocycles. The van der Waals surface area contributed by atoms with Crippen LogP contribution in [0.15, 0.2) is 29.6 Å². The summed E-state index contributed by atoms with van der Waals surface area (Å²) in [6, 6.07) is 8.62. The van der Waals surface area contributed by atoms with Gasteiger partial charge in [0.2, 0.25) is 0 Å². The Morgan fingerprint density at radius 3 is 2.56 bits per heavy atom. The summed E-state index contributed by atoms with van der Waals surface area (Å²) in [5, 5.41) is 3.63. The van der Waals surface area contributed by atoms with E-state index < -0.39 is 0 Å². The lowest BCUT2D eigenvalue weighted by Gasteiger charge is -2.34. The first-order chi connectivity index (χ1) is 8.41. The summed E-state index contributed by atoms with van der Waals surface area (Å²) in [7, 11) is 0. The molecular weight excluding hydrogens is 239 g/mol. The molecule has 3 rings (SSSR count). The molecule has 18 heavy (non-hydrogen) atoms. The Kier molecular flexibility index (Phi) is 2.62. The molecule has 94 valence electrons. The summed E-state index contributed by atoms with van der Waals surface area (Å²) >= 11 is 1.82. The highest BCUT2D eigenvalue weighted by Gasteiger charge is 2.50. The first-order valence-corrected chi connectivity index (χ1v) is 7.43. The van der Waals surface area contributed by atoms with E-state index in [9.17, 15) is 0 Å². The first-order valence-electron chi connectivity index (χ1n) is 6.55. The summed E-state index contributed by atoms with van der Waals surface area (Å²) in [6.07, 6.45) is 1.10. The van der Waals surface area contributed by atoms with E-state index in [1.807, 2.05) is 11.3 Å². The second kappa shape index (κ2) is 3.85. The lowest BCUT2D eigenvalue weighted by molar-refractivity contribution is 0.0376. The molecule has 0 radical (unpaired) electrons. The number of fused-ring (bicyclic) bond motifs is 1. The van der Waals surface area contributed by atoms with Crippen LogP contribution in [0.4, 0.5) is 0 Å². The van der Waals surface area contributed by atoms with Gasteiger partial charge in [-0.1, -0.05) is 32.0 Å². The smallest absolute Gasteiger partial charge is 0.329 e. The van der Waals surface area contributed by atoms with E-state index in [4.69, 9.17) is 4.65 Å². The molecule has 0 atom stereocenters. The molecule has 1 saturated heterocycles. The van der Waals surface area contributed by atoms with E-state index in [1.165, 1.54) is 15.5 Å². The maximum absolute atomic E-state index is 6.32. The molecule has 1 aliphatic rings.